The van der Waals surface area contributed by atoms with Gasteiger partial charge in [0.1, 0.15) is 23.8 Å². The van der Waals surface area contributed by atoms with E-state index in [-0.39, 0.29) is 35.9 Å². The molecule has 0 bridgehead atoms. The van der Waals surface area contributed by atoms with Gasteiger partial charge in [-0.2, -0.15) is 13.2 Å². The van der Waals surface area contributed by atoms with Crippen molar-refractivity contribution in [3.05, 3.63) is 76.6 Å². The summed E-state index contributed by atoms with van der Waals surface area (Å²) in [6, 6.07) is 11.9. The number of carbonyl (C=O) groups is 3. The first kappa shape index (κ1) is 44.0. The van der Waals surface area contributed by atoms with E-state index < -0.39 is 23.8 Å². The van der Waals surface area contributed by atoms with Gasteiger partial charge in [0.2, 0.25) is 11.8 Å². The minimum Gasteiger partial charge on any atom is -0.493 e. The fourth-order valence-electron chi connectivity index (χ4n) is 8.46. The summed E-state index contributed by atoms with van der Waals surface area (Å²) in [5.74, 6) is 2.24. The molecule has 3 aliphatic rings. The van der Waals surface area contributed by atoms with E-state index >= 15 is 0 Å². The number of piperidine rings is 1. The lowest BCUT2D eigenvalue weighted by atomic mass is 10.0. The lowest BCUT2D eigenvalue weighted by Gasteiger charge is -2.29. The van der Waals surface area contributed by atoms with E-state index in [2.05, 4.69) is 31.6 Å². The molecule has 1 aromatic heterocycles. The summed E-state index contributed by atoms with van der Waals surface area (Å²) in [6.45, 7) is 6.68. The molecule has 61 heavy (non-hydrogen) atoms. The molecule has 3 aromatic carbocycles. The van der Waals surface area contributed by atoms with Crippen molar-refractivity contribution in [2.75, 3.05) is 43.5 Å². The van der Waals surface area contributed by atoms with Crippen LogP contribution < -0.4 is 25.8 Å². The molecule has 3 amide bonds. The van der Waals surface area contributed by atoms with E-state index in [9.17, 15) is 27.6 Å². The summed E-state index contributed by atoms with van der Waals surface area (Å²) in [5, 5.41) is 6.32. The molecule has 4 N–H and O–H groups in total. The number of thioether (sulfide) groups is 1. The molecule has 0 radical (unpaired) electrons. The molecule has 1 unspecified atom stereocenters. The largest absolute Gasteiger partial charge is 0.493 e. The molecule has 3 aliphatic heterocycles. The second-order valence-corrected chi connectivity index (χ2v) is 17.4. The van der Waals surface area contributed by atoms with Gasteiger partial charge in [0.15, 0.2) is 11.5 Å². The number of hydrogen-bond acceptors (Lipinski definition) is 11. The van der Waals surface area contributed by atoms with E-state index in [1.54, 1.807) is 43.7 Å². The molecule has 7 rings (SSSR count). The topological polar surface area (TPSA) is 152 Å². The number of aromatic nitrogens is 2. The van der Waals surface area contributed by atoms with Gasteiger partial charge in [0.25, 0.3) is 5.91 Å². The fourth-order valence-corrected chi connectivity index (χ4v) is 9.56. The number of alkyl halides is 3. The number of methoxy groups -OCH3 is 1. The Bertz CT molecular complexity index is 2260. The van der Waals surface area contributed by atoms with Crippen molar-refractivity contribution in [2.45, 2.75) is 114 Å². The Labute approximate surface area is 358 Å². The number of nitrogens with zero attached hydrogens (tertiary/aromatic N) is 4. The number of rotatable bonds is 18. The number of benzene rings is 3. The number of halogens is 3. The molecule has 326 valence electrons. The number of carbonyl (C=O) groups excluding carboxylic acids is 3. The molecule has 0 spiro atoms. The van der Waals surface area contributed by atoms with Crippen molar-refractivity contribution in [2.24, 2.45) is 0 Å². The molecule has 12 nitrogen and oxygen atoms in total. The van der Waals surface area contributed by atoms with Crippen LogP contribution >= 0.6 is 11.8 Å². The van der Waals surface area contributed by atoms with E-state index in [0.29, 0.717) is 58.1 Å². The van der Waals surface area contributed by atoms with E-state index in [1.807, 2.05) is 18.2 Å². The monoisotopic (exact) mass is 861 g/mol. The highest BCUT2D eigenvalue weighted by Crippen LogP contribution is 2.39. The number of anilines is 2. The Hall–Kier alpha value is -5.09. The Morgan fingerprint density at radius 1 is 0.984 bits per heavy atom. The minimum absolute atomic E-state index is 0.0271. The summed E-state index contributed by atoms with van der Waals surface area (Å²) in [7, 11) is 1.59. The normalized spacial score (nSPS) is 18.7. The van der Waals surface area contributed by atoms with Crippen LogP contribution in [0.1, 0.15) is 110 Å². The fraction of sp³-hybridized carbons (Fsp3) is 0.489. The Morgan fingerprint density at radius 2 is 1.75 bits per heavy atom. The van der Waals surface area contributed by atoms with Crippen LogP contribution in [-0.4, -0.2) is 82.1 Å². The van der Waals surface area contributed by atoms with Crippen molar-refractivity contribution >= 4 is 51.9 Å². The maximum Gasteiger partial charge on any atom is 0.416 e. The van der Waals surface area contributed by atoms with Crippen LogP contribution in [0.4, 0.5) is 24.7 Å². The molecular weight excluding hydrogens is 808 g/mol. The number of imide groups is 1. The van der Waals surface area contributed by atoms with Crippen LogP contribution in [0.3, 0.4) is 0 Å². The van der Waals surface area contributed by atoms with Crippen LogP contribution in [0, 0.1) is 6.92 Å². The third kappa shape index (κ3) is 10.7. The number of amides is 3. The van der Waals surface area contributed by atoms with Gasteiger partial charge in [-0.15, -0.1) is 11.8 Å². The van der Waals surface area contributed by atoms with E-state index in [4.69, 9.17) is 15.2 Å². The third-order valence-corrected chi connectivity index (χ3v) is 12.9. The van der Waals surface area contributed by atoms with E-state index in [0.717, 1.165) is 73.7 Å². The summed E-state index contributed by atoms with van der Waals surface area (Å²) < 4.78 is 52.8. The Morgan fingerprint density at radius 3 is 2.51 bits per heavy atom. The van der Waals surface area contributed by atoms with Crippen LogP contribution in [0.2, 0.25) is 0 Å². The Kier molecular flexibility index (Phi) is 13.9. The number of aryl methyl sites for hydroxylation is 1. The second-order valence-electron chi connectivity index (χ2n) is 16.2. The van der Waals surface area contributed by atoms with Crippen molar-refractivity contribution in [1.29, 1.82) is 0 Å². The van der Waals surface area contributed by atoms with Crippen LogP contribution in [-0.2, 0) is 22.3 Å². The number of hydrogen-bond donors (Lipinski definition) is 3. The standard InChI is InChI=1S/C45H54F3N7O5S/c1-27(29-20-30(45(46,47)48)22-31(49)21-29)50-42-34-23-39(38(59-3)24-36(34)51-28(2)52-42)60-32-16-18-54(25-32)17-9-7-5-4-6-8-10-19-61-40-13-11-12-33-35(40)26-55(44(33)58)37-14-15-41(56)53-43(37)57/h11-13,20-24,27,32,37H,4-10,14-19,25-26,49H2,1-3H3,(H,50,51,52)(H,53,56,57)/t27-,32+,37?/m1/s1. The number of fused-ring (bicyclic) bond motifs is 2. The minimum atomic E-state index is -4.52. The smallest absolute Gasteiger partial charge is 0.416 e. The zero-order valence-electron chi connectivity index (χ0n) is 34.9. The van der Waals surface area contributed by atoms with Crippen LogP contribution in [0.25, 0.3) is 10.9 Å². The average Bonchev–Trinajstić information content (AvgIpc) is 3.81. The first-order valence-corrected chi connectivity index (χ1v) is 22.1. The van der Waals surface area contributed by atoms with Crippen molar-refractivity contribution < 1.29 is 37.0 Å². The lowest BCUT2D eigenvalue weighted by Crippen LogP contribution is -2.52. The summed E-state index contributed by atoms with van der Waals surface area (Å²) in [5.41, 5.74) is 7.73. The summed E-state index contributed by atoms with van der Waals surface area (Å²) in [4.78, 5) is 51.5. The molecule has 4 heterocycles. The van der Waals surface area contributed by atoms with Gasteiger partial charge in [-0.25, -0.2) is 9.97 Å². The molecular formula is C45H54F3N7O5S. The number of unbranched alkanes of at least 4 members (excludes halogenated alkanes) is 6. The van der Waals surface area contributed by atoms with Gasteiger partial charge < -0.3 is 25.4 Å². The van der Waals surface area contributed by atoms with Crippen molar-refractivity contribution in [3.8, 4) is 11.5 Å². The average molecular weight is 862 g/mol. The predicted octanol–water partition coefficient (Wildman–Crippen LogP) is 8.46. The zero-order chi connectivity index (χ0) is 43.3. The number of nitrogen functional groups attached to an aromatic ring is 1. The molecule has 2 saturated heterocycles. The lowest BCUT2D eigenvalue weighted by molar-refractivity contribution is -0.138. The first-order valence-electron chi connectivity index (χ1n) is 21.2. The molecule has 2 fully saturated rings. The Balaban J connectivity index is 0.824. The van der Waals surface area contributed by atoms with E-state index in [1.165, 1.54) is 31.7 Å². The van der Waals surface area contributed by atoms with Gasteiger partial charge >= 0.3 is 6.18 Å². The molecule has 0 aliphatic carbocycles. The molecule has 3 atom stereocenters. The SMILES string of the molecule is COc1cc2nc(C)nc(N[C@H](C)c3cc(N)cc(C(F)(F)F)c3)c2cc1O[C@H]1CCN(CCCCCCCCCSc2cccc3c2CN(C2CCC(=O)NC2=O)C3=O)C1. The number of likely N-dealkylation sites (tertiary alicyclic amines) is 1. The van der Waals surface area contributed by atoms with Crippen molar-refractivity contribution in [1.82, 2.24) is 25.1 Å². The molecule has 4 aromatic rings. The summed E-state index contributed by atoms with van der Waals surface area (Å²) >= 11 is 1.77. The quantitative estimate of drug-likeness (QED) is 0.0383. The third-order valence-electron chi connectivity index (χ3n) is 11.7. The molecule has 16 heteroatoms. The maximum absolute atomic E-state index is 13.5. The zero-order valence-corrected chi connectivity index (χ0v) is 35.7. The van der Waals surface area contributed by atoms with Crippen molar-refractivity contribution in [3.63, 3.8) is 0 Å². The van der Waals surface area contributed by atoms with Gasteiger partial charge in [-0.05, 0) is 99.4 Å². The number of ether oxygens (including phenoxy) is 2. The van der Waals surface area contributed by atoms with Gasteiger partial charge in [-0.1, -0.05) is 38.2 Å². The second kappa shape index (κ2) is 19.3. The molecule has 0 saturated carbocycles. The number of nitrogens with one attached hydrogen (secondary N) is 2. The van der Waals surface area contributed by atoms with Gasteiger partial charge in [0, 0.05) is 53.7 Å². The summed E-state index contributed by atoms with van der Waals surface area (Å²) in [6.07, 6.45) is 5.05. The first-order chi connectivity index (χ1) is 29.3. The predicted molar refractivity (Wildman–Crippen MR) is 230 cm³/mol. The van der Waals surface area contributed by atoms with Crippen LogP contribution in [0.15, 0.2) is 53.4 Å². The highest BCUT2D eigenvalue weighted by molar-refractivity contribution is 7.99. The highest BCUT2D eigenvalue weighted by Gasteiger charge is 2.40. The van der Waals surface area contributed by atoms with Crippen LogP contribution in [0.5, 0.6) is 11.5 Å². The van der Waals surface area contributed by atoms with Gasteiger partial charge in [-0.3, -0.25) is 24.6 Å². The van der Waals surface area contributed by atoms with Gasteiger partial charge in [0.05, 0.1) is 24.2 Å². The highest BCUT2D eigenvalue weighted by atomic mass is 32.2. The number of nitrogens with two attached hydrogens (primary N) is 1. The maximum atomic E-state index is 13.5.